The Kier molecular flexibility index (Phi) is 3.77. The third-order valence-corrected chi connectivity index (χ3v) is 7.41. The number of anilines is 1. The van der Waals surface area contributed by atoms with Crippen molar-refractivity contribution < 1.29 is 8.42 Å². The average Bonchev–Trinajstić information content (AvgIpc) is 3.19. The molecule has 2 bridgehead atoms. The van der Waals surface area contributed by atoms with Crippen molar-refractivity contribution >= 4 is 15.8 Å². The second-order valence-electron chi connectivity index (χ2n) is 8.10. The van der Waals surface area contributed by atoms with Crippen LogP contribution in [0.5, 0.6) is 0 Å². The molecule has 3 saturated carbocycles. The van der Waals surface area contributed by atoms with Gasteiger partial charge in [-0.05, 0) is 43.9 Å². The van der Waals surface area contributed by atoms with Crippen molar-refractivity contribution in [2.24, 2.45) is 5.41 Å². The summed E-state index contributed by atoms with van der Waals surface area (Å²) in [5.41, 5.74) is 7.04. The Balaban J connectivity index is 1.49. The van der Waals surface area contributed by atoms with Crippen molar-refractivity contribution in [1.82, 2.24) is 29.7 Å². The first-order valence-electron chi connectivity index (χ1n) is 9.30. The standard InChI is InChI=1S/C19H18N8O2S/c1-12-2-3-13(30(28,29)25-19-8-18(9-19,10-19)11-20)6-14(12)15-7-22-16(21)17(24-15)27-5-4-23-26-27/h2-7,25H,8-10H2,1H3,(H2,21,22). The van der Waals surface area contributed by atoms with Crippen LogP contribution in [0.1, 0.15) is 24.8 Å². The first-order valence-corrected chi connectivity index (χ1v) is 10.8. The van der Waals surface area contributed by atoms with Gasteiger partial charge in [-0.15, -0.1) is 5.10 Å². The Morgan fingerprint density at radius 3 is 2.73 bits per heavy atom. The molecule has 11 heteroatoms. The predicted molar refractivity (Wildman–Crippen MR) is 106 cm³/mol. The number of nitrogens with one attached hydrogen (secondary N) is 1. The summed E-state index contributed by atoms with van der Waals surface area (Å²) in [6, 6.07) is 7.16. The van der Waals surface area contributed by atoms with Crippen LogP contribution in [0.15, 0.2) is 41.7 Å². The first-order chi connectivity index (χ1) is 14.2. The van der Waals surface area contributed by atoms with E-state index in [9.17, 15) is 8.42 Å². The number of sulfonamides is 1. The number of hydrogen-bond acceptors (Lipinski definition) is 8. The van der Waals surface area contributed by atoms with Gasteiger partial charge >= 0.3 is 0 Å². The molecule has 152 valence electrons. The highest BCUT2D eigenvalue weighted by molar-refractivity contribution is 7.89. The molecule has 2 aromatic heterocycles. The fraction of sp³-hybridized carbons (Fsp3) is 0.316. The van der Waals surface area contributed by atoms with Gasteiger partial charge in [0.2, 0.25) is 10.0 Å². The molecule has 0 radical (unpaired) electrons. The van der Waals surface area contributed by atoms with Crippen molar-refractivity contribution in [3.8, 4) is 23.1 Å². The van der Waals surface area contributed by atoms with E-state index in [-0.39, 0.29) is 16.1 Å². The van der Waals surface area contributed by atoms with E-state index in [1.165, 1.54) is 17.1 Å². The van der Waals surface area contributed by atoms with Gasteiger partial charge in [0.05, 0.1) is 40.7 Å². The smallest absolute Gasteiger partial charge is 0.241 e. The highest BCUT2D eigenvalue weighted by atomic mass is 32.2. The summed E-state index contributed by atoms with van der Waals surface area (Å²) in [4.78, 5) is 8.84. The summed E-state index contributed by atoms with van der Waals surface area (Å²) in [5.74, 6) is 0.494. The summed E-state index contributed by atoms with van der Waals surface area (Å²) in [6.45, 7) is 1.87. The van der Waals surface area contributed by atoms with E-state index < -0.39 is 15.6 Å². The molecule has 6 rings (SSSR count). The lowest BCUT2D eigenvalue weighted by molar-refractivity contribution is -0.0946. The maximum Gasteiger partial charge on any atom is 0.241 e. The maximum absolute atomic E-state index is 13.0. The summed E-state index contributed by atoms with van der Waals surface area (Å²) >= 11 is 0. The second kappa shape index (κ2) is 6.07. The first kappa shape index (κ1) is 18.7. The number of rotatable bonds is 5. The lowest BCUT2D eigenvalue weighted by Crippen LogP contribution is -2.74. The van der Waals surface area contributed by atoms with E-state index in [4.69, 9.17) is 11.0 Å². The Bertz CT molecular complexity index is 1290. The number of hydrogen-bond donors (Lipinski definition) is 2. The zero-order chi connectivity index (χ0) is 21.1. The summed E-state index contributed by atoms with van der Waals surface area (Å²) < 4.78 is 30.2. The van der Waals surface area contributed by atoms with Crippen molar-refractivity contribution in [3.63, 3.8) is 0 Å². The maximum atomic E-state index is 13.0. The van der Waals surface area contributed by atoms with Crippen molar-refractivity contribution in [2.45, 2.75) is 36.6 Å². The third-order valence-electron chi connectivity index (χ3n) is 5.83. The molecule has 0 unspecified atom stereocenters. The molecule has 3 aromatic rings. The van der Waals surface area contributed by atoms with Crippen LogP contribution in [0.4, 0.5) is 5.82 Å². The van der Waals surface area contributed by atoms with Crippen LogP contribution in [0, 0.1) is 23.7 Å². The van der Waals surface area contributed by atoms with E-state index in [1.54, 1.807) is 24.4 Å². The van der Waals surface area contributed by atoms with Crippen LogP contribution in [-0.2, 0) is 10.0 Å². The second-order valence-corrected chi connectivity index (χ2v) is 9.78. The Morgan fingerprint density at radius 2 is 2.07 bits per heavy atom. The molecule has 2 heterocycles. The molecule has 0 saturated heterocycles. The van der Waals surface area contributed by atoms with Gasteiger partial charge in [0.1, 0.15) is 0 Å². The number of nitrogen functional groups attached to an aromatic ring is 1. The number of aryl methyl sites for hydroxylation is 1. The molecule has 0 spiro atoms. The van der Waals surface area contributed by atoms with Crippen LogP contribution in [0.2, 0.25) is 0 Å². The normalized spacial score (nSPS) is 24.5. The molecule has 3 aliphatic rings. The third kappa shape index (κ3) is 2.76. The Hall–Kier alpha value is -3.36. The van der Waals surface area contributed by atoms with Crippen LogP contribution < -0.4 is 10.5 Å². The fourth-order valence-electron chi connectivity index (χ4n) is 4.41. The van der Waals surface area contributed by atoms with E-state index in [0.717, 1.165) is 5.56 Å². The SMILES string of the molecule is Cc1ccc(S(=O)(=O)NC23CC(C#N)(C2)C3)cc1-c1cnc(N)c(-n2ccnn2)n1. The molecule has 3 N–H and O–H groups in total. The van der Waals surface area contributed by atoms with Gasteiger partial charge in [0.25, 0.3) is 0 Å². The average molecular weight is 422 g/mol. The fourth-order valence-corrected chi connectivity index (χ4v) is 5.84. The molecular weight excluding hydrogens is 404 g/mol. The summed E-state index contributed by atoms with van der Waals surface area (Å²) in [5, 5.41) is 16.8. The largest absolute Gasteiger partial charge is 0.381 e. The van der Waals surface area contributed by atoms with Gasteiger partial charge in [-0.2, -0.15) is 9.94 Å². The molecule has 1 aromatic carbocycles. The van der Waals surface area contributed by atoms with Crippen LogP contribution in [-0.4, -0.2) is 38.9 Å². The lowest BCUT2D eigenvalue weighted by Gasteiger charge is -2.66. The minimum Gasteiger partial charge on any atom is -0.381 e. The molecular formula is C19H18N8O2S. The van der Waals surface area contributed by atoms with Gasteiger partial charge < -0.3 is 5.73 Å². The van der Waals surface area contributed by atoms with Gasteiger partial charge in [-0.25, -0.2) is 23.1 Å². The zero-order valence-corrected chi connectivity index (χ0v) is 16.9. The van der Waals surface area contributed by atoms with Crippen molar-refractivity contribution in [1.29, 1.82) is 5.26 Å². The number of nitriles is 1. The molecule has 3 fully saturated rings. The van der Waals surface area contributed by atoms with Crippen LogP contribution >= 0.6 is 0 Å². The Labute approximate surface area is 172 Å². The topological polar surface area (TPSA) is 152 Å². The van der Waals surface area contributed by atoms with Crippen molar-refractivity contribution in [3.05, 3.63) is 42.4 Å². The van der Waals surface area contributed by atoms with E-state index in [1.807, 2.05) is 6.92 Å². The minimum atomic E-state index is -3.74. The van der Waals surface area contributed by atoms with Gasteiger partial charge in [0.15, 0.2) is 11.6 Å². The summed E-state index contributed by atoms with van der Waals surface area (Å²) in [6.07, 6.45) is 6.30. The number of benzene rings is 1. The molecule has 3 aliphatic carbocycles. The molecule has 30 heavy (non-hydrogen) atoms. The van der Waals surface area contributed by atoms with Crippen LogP contribution in [0.3, 0.4) is 0 Å². The molecule has 0 aliphatic heterocycles. The minimum absolute atomic E-state index is 0.139. The molecule has 0 atom stereocenters. The molecule has 0 amide bonds. The molecule has 10 nitrogen and oxygen atoms in total. The summed E-state index contributed by atoms with van der Waals surface area (Å²) in [7, 11) is -3.74. The van der Waals surface area contributed by atoms with E-state index >= 15 is 0 Å². The number of nitrogens with two attached hydrogens (primary N) is 1. The predicted octanol–water partition coefficient (Wildman–Crippen LogP) is 1.34. The van der Waals surface area contributed by atoms with Crippen molar-refractivity contribution in [2.75, 3.05) is 5.73 Å². The van der Waals surface area contributed by atoms with E-state index in [2.05, 4.69) is 31.1 Å². The lowest BCUT2D eigenvalue weighted by atomic mass is 9.40. The zero-order valence-electron chi connectivity index (χ0n) is 16.1. The van der Waals surface area contributed by atoms with Gasteiger partial charge in [0, 0.05) is 11.1 Å². The highest BCUT2D eigenvalue weighted by Crippen LogP contribution is 2.67. The quantitative estimate of drug-likeness (QED) is 0.625. The number of nitrogens with zero attached hydrogens (tertiary/aromatic N) is 6. The monoisotopic (exact) mass is 422 g/mol. The van der Waals surface area contributed by atoms with Gasteiger partial charge in [-0.3, -0.25) is 0 Å². The Morgan fingerprint density at radius 1 is 1.30 bits per heavy atom. The van der Waals surface area contributed by atoms with Gasteiger partial charge in [-0.1, -0.05) is 11.3 Å². The van der Waals surface area contributed by atoms with E-state index in [0.29, 0.717) is 36.3 Å². The van der Waals surface area contributed by atoms with Crippen LogP contribution in [0.25, 0.3) is 17.1 Å². The highest BCUT2D eigenvalue weighted by Gasteiger charge is 2.69. The number of aromatic nitrogens is 5.